The lowest BCUT2D eigenvalue weighted by atomic mass is 10.2. The van der Waals surface area contributed by atoms with E-state index in [-0.39, 0.29) is 36.1 Å². The first-order valence-corrected chi connectivity index (χ1v) is 11.2. The number of nitrogens with one attached hydrogen (secondary N) is 1. The van der Waals surface area contributed by atoms with E-state index in [1.165, 1.54) is 11.5 Å². The fourth-order valence-electron chi connectivity index (χ4n) is 3.93. The molecular formula is C22H29N5O6. The lowest BCUT2D eigenvalue weighted by Gasteiger charge is -2.32. The maximum atomic E-state index is 13.5. The number of esters is 1. The molecule has 2 aromatic heterocycles. The van der Waals surface area contributed by atoms with Crippen molar-refractivity contribution in [3.8, 4) is 5.75 Å². The van der Waals surface area contributed by atoms with E-state index < -0.39 is 11.5 Å². The number of hydrogen-bond acceptors (Lipinski definition) is 9. The van der Waals surface area contributed by atoms with Crippen LogP contribution in [0.2, 0.25) is 0 Å². The summed E-state index contributed by atoms with van der Waals surface area (Å²) in [4.78, 5) is 47.0. The minimum absolute atomic E-state index is 0.139. The maximum Gasteiger partial charge on any atom is 0.360 e. The molecule has 1 amide bonds. The van der Waals surface area contributed by atoms with Crippen LogP contribution >= 0.6 is 0 Å². The number of fused-ring (bicyclic) bond motifs is 1. The fraction of sp³-hybridized carbons (Fsp3) is 0.545. The number of unbranched alkanes of at least 4 members (excludes halogenated alkanes) is 1. The molecule has 33 heavy (non-hydrogen) atoms. The maximum absolute atomic E-state index is 13.5. The van der Waals surface area contributed by atoms with Crippen molar-refractivity contribution in [1.82, 2.24) is 14.7 Å². The molecule has 1 N–H and O–H groups in total. The molecule has 0 unspecified atom stereocenters. The number of hydrogen-bond donors (Lipinski definition) is 1. The van der Waals surface area contributed by atoms with Crippen molar-refractivity contribution in [1.29, 1.82) is 0 Å². The van der Waals surface area contributed by atoms with E-state index in [0.29, 0.717) is 45.1 Å². The highest BCUT2D eigenvalue weighted by Gasteiger charge is 2.28. The summed E-state index contributed by atoms with van der Waals surface area (Å²) < 4.78 is 17.4. The van der Waals surface area contributed by atoms with Gasteiger partial charge in [-0.3, -0.25) is 14.0 Å². The summed E-state index contributed by atoms with van der Waals surface area (Å²) in [5.74, 6) is -1.06. The number of amides is 1. The van der Waals surface area contributed by atoms with Crippen LogP contribution in [0.5, 0.6) is 5.75 Å². The van der Waals surface area contributed by atoms with Crippen molar-refractivity contribution >= 4 is 28.9 Å². The number of nitrogens with zero attached hydrogens (tertiary/aromatic N) is 4. The predicted octanol–water partition coefficient (Wildman–Crippen LogP) is 0.433. The molecule has 0 saturated carbocycles. The van der Waals surface area contributed by atoms with Crippen molar-refractivity contribution in [2.75, 3.05) is 69.5 Å². The van der Waals surface area contributed by atoms with Gasteiger partial charge in [0.05, 0.1) is 44.8 Å². The van der Waals surface area contributed by atoms with Gasteiger partial charge in [-0.05, 0) is 12.5 Å². The van der Waals surface area contributed by atoms with Gasteiger partial charge in [0.1, 0.15) is 0 Å². The zero-order valence-corrected chi connectivity index (χ0v) is 19.0. The minimum atomic E-state index is -0.768. The number of aromatic nitrogens is 2. The number of carbonyl (C=O) groups is 2. The number of methoxy groups -OCH3 is 1. The number of ether oxygens (including phenoxy) is 3. The molecule has 2 saturated heterocycles. The Morgan fingerprint density at radius 1 is 1.24 bits per heavy atom. The van der Waals surface area contributed by atoms with Gasteiger partial charge in [-0.15, -0.1) is 0 Å². The van der Waals surface area contributed by atoms with Crippen molar-refractivity contribution in [2.24, 2.45) is 0 Å². The Labute approximate surface area is 191 Å². The highest BCUT2D eigenvalue weighted by molar-refractivity contribution is 6.00. The van der Waals surface area contributed by atoms with Crippen LogP contribution in [0.15, 0.2) is 17.1 Å². The monoisotopic (exact) mass is 459 g/mol. The van der Waals surface area contributed by atoms with Crippen LogP contribution in [0.4, 0.5) is 11.4 Å². The molecule has 2 aliphatic rings. The molecule has 4 rings (SSSR count). The summed E-state index contributed by atoms with van der Waals surface area (Å²) >= 11 is 0. The Kier molecular flexibility index (Phi) is 7.09. The molecule has 2 fully saturated rings. The van der Waals surface area contributed by atoms with E-state index in [1.54, 1.807) is 11.1 Å². The van der Waals surface area contributed by atoms with Gasteiger partial charge in [-0.25, -0.2) is 9.78 Å². The Bertz CT molecular complexity index is 1090. The summed E-state index contributed by atoms with van der Waals surface area (Å²) in [6, 6.07) is 1.84. The topological polar surface area (TPSA) is 115 Å². The average Bonchev–Trinajstić information content (AvgIpc) is 2.85. The zero-order valence-electron chi connectivity index (χ0n) is 19.0. The van der Waals surface area contributed by atoms with Gasteiger partial charge >= 0.3 is 11.5 Å². The van der Waals surface area contributed by atoms with Gasteiger partial charge in [-0.2, -0.15) is 0 Å². The summed E-state index contributed by atoms with van der Waals surface area (Å²) in [6.45, 7) is 5.92. The van der Waals surface area contributed by atoms with E-state index >= 15 is 0 Å². The summed E-state index contributed by atoms with van der Waals surface area (Å²) in [7, 11) is 1.23. The molecule has 0 aliphatic carbocycles. The summed E-state index contributed by atoms with van der Waals surface area (Å²) in [6.07, 6.45) is 3.27. The molecule has 11 nitrogen and oxygen atoms in total. The van der Waals surface area contributed by atoms with Crippen molar-refractivity contribution in [3.63, 3.8) is 0 Å². The van der Waals surface area contributed by atoms with Gasteiger partial charge in [0.25, 0.3) is 0 Å². The van der Waals surface area contributed by atoms with Crippen LogP contribution in [0, 0.1) is 0 Å². The highest BCUT2D eigenvalue weighted by Crippen LogP contribution is 2.29. The molecule has 11 heteroatoms. The number of rotatable bonds is 7. The average molecular weight is 460 g/mol. The fourth-order valence-corrected chi connectivity index (χ4v) is 3.93. The normalized spacial score (nSPS) is 16.8. The van der Waals surface area contributed by atoms with E-state index in [9.17, 15) is 14.4 Å². The van der Waals surface area contributed by atoms with E-state index in [0.717, 1.165) is 18.5 Å². The summed E-state index contributed by atoms with van der Waals surface area (Å²) in [5, 5.41) is 3.05. The van der Waals surface area contributed by atoms with Crippen molar-refractivity contribution in [2.45, 2.75) is 19.8 Å². The molecule has 178 valence electrons. The van der Waals surface area contributed by atoms with Crippen LogP contribution in [0.3, 0.4) is 0 Å². The smallest absolute Gasteiger partial charge is 0.360 e. The van der Waals surface area contributed by atoms with Crippen LogP contribution in [0.1, 0.15) is 30.3 Å². The second-order valence-corrected chi connectivity index (χ2v) is 7.89. The summed E-state index contributed by atoms with van der Waals surface area (Å²) in [5.41, 5.74) is 0.724. The molecule has 0 radical (unpaired) electrons. The Morgan fingerprint density at radius 2 is 2.03 bits per heavy atom. The zero-order chi connectivity index (χ0) is 23.4. The van der Waals surface area contributed by atoms with Crippen LogP contribution in [0.25, 0.3) is 5.65 Å². The number of pyridine rings is 1. The second kappa shape index (κ2) is 10.2. The standard InChI is InChI=1S/C22H29N5O6/c1-3-4-9-33-19-18(22(30)31-2)24-20-16(26-6-5-23-13-17(26)28)12-15(14-27(20)21(19)29)25-7-10-32-11-8-25/h12,14,23H,3-11,13H2,1-2H3. The van der Waals surface area contributed by atoms with Gasteiger partial charge in [-0.1, -0.05) is 13.3 Å². The third-order valence-corrected chi connectivity index (χ3v) is 5.73. The molecule has 4 heterocycles. The molecule has 2 aliphatic heterocycles. The van der Waals surface area contributed by atoms with E-state index in [1.807, 2.05) is 13.0 Å². The Balaban J connectivity index is 1.94. The van der Waals surface area contributed by atoms with Gasteiger partial charge in [0.2, 0.25) is 11.7 Å². The first-order chi connectivity index (χ1) is 16.0. The molecule has 0 atom stereocenters. The molecule has 2 aromatic rings. The molecule has 0 spiro atoms. The highest BCUT2D eigenvalue weighted by atomic mass is 16.5. The Hall–Kier alpha value is -3.18. The number of anilines is 2. The predicted molar refractivity (Wildman–Crippen MR) is 121 cm³/mol. The van der Waals surface area contributed by atoms with Crippen LogP contribution in [-0.2, 0) is 14.3 Å². The van der Waals surface area contributed by atoms with Gasteiger partial charge in [0, 0.05) is 32.4 Å². The molecule has 0 bridgehead atoms. The molecule has 0 aromatic carbocycles. The molecular weight excluding hydrogens is 430 g/mol. The number of morpholine rings is 1. The second-order valence-electron chi connectivity index (χ2n) is 7.89. The first-order valence-electron chi connectivity index (χ1n) is 11.2. The first kappa shape index (κ1) is 23.0. The van der Waals surface area contributed by atoms with Gasteiger partial charge in [0.15, 0.2) is 11.3 Å². The SMILES string of the molecule is CCCCOc1c(C(=O)OC)nc2c(N3CCNCC3=O)cc(N3CCOCC3)cn2c1=O. The lowest BCUT2D eigenvalue weighted by molar-refractivity contribution is -0.118. The Morgan fingerprint density at radius 3 is 2.73 bits per heavy atom. The quantitative estimate of drug-likeness (QED) is 0.465. The lowest BCUT2D eigenvalue weighted by Crippen LogP contribution is -2.48. The number of carbonyl (C=O) groups excluding carboxylic acids is 2. The van der Waals surface area contributed by atoms with Gasteiger partial charge < -0.3 is 29.3 Å². The van der Waals surface area contributed by atoms with E-state index in [4.69, 9.17) is 14.2 Å². The number of piperazine rings is 1. The van der Waals surface area contributed by atoms with Crippen molar-refractivity contribution < 1.29 is 23.8 Å². The van der Waals surface area contributed by atoms with Crippen LogP contribution < -0.4 is 25.4 Å². The van der Waals surface area contributed by atoms with E-state index in [2.05, 4.69) is 15.2 Å². The van der Waals surface area contributed by atoms with Crippen molar-refractivity contribution in [3.05, 3.63) is 28.3 Å². The third-order valence-electron chi connectivity index (χ3n) is 5.73. The minimum Gasteiger partial charge on any atom is -0.486 e. The van der Waals surface area contributed by atoms with Crippen LogP contribution in [-0.4, -0.2) is 80.9 Å². The largest absolute Gasteiger partial charge is 0.486 e. The third kappa shape index (κ3) is 4.64.